The molecule has 0 unspecified atom stereocenters. The Hall–Kier alpha value is -0.650. The number of ether oxygens (including phenoxy) is 2. The lowest BCUT2D eigenvalue weighted by molar-refractivity contribution is -0.154. The second-order valence-electron chi connectivity index (χ2n) is 13.4. The van der Waals surface area contributed by atoms with Gasteiger partial charge < -0.3 is 19.7 Å². The number of carbonyl (C=O) groups is 1. The normalized spacial score (nSPS) is 43.7. The minimum absolute atomic E-state index is 0.312. The number of fused-ring (bicyclic) bond motifs is 5. The molecule has 4 aliphatic rings. The molecule has 2 N–H and O–H groups in total. The van der Waals surface area contributed by atoms with Crippen molar-refractivity contribution >= 4 is 5.97 Å². The van der Waals surface area contributed by atoms with Crippen LogP contribution in [0.1, 0.15) is 104 Å². The van der Waals surface area contributed by atoms with Gasteiger partial charge in [-0.25, -0.2) is 0 Å². The Morgan fingerprint density at radius 2 is 1.74 bits per heavy atom. The van der Waals surface area contributed by atoms with Crippen LogP contribution in [-0.2, 0) is 14.3 Å². The summed E-state index contributed by atoms with van der Waals surface area (Å²) in [4.78, 5) is 11.2. The van der Waals surface area contributed by atoms with Gasteiger partial charge in [0.25, 0.3) is 0 Å². The van der Waals surface area contributed by atoms with E-state index in [-0.39, 0.29) is 0 Å². The van der Waals surface area contributed by atoms with Gasteiger partial charge in [0, 0.05) is 20.1 Å². The molecule has 0 spiro atoms. The summed E-state index contributed by atoms with van der Waals surface area (Å²) in [6, 6.07) is 0. The summed E-state index contributed by atoms with van der Waals surface area (Å²) in [5.41, 5.74) is 0.252. The molecule has 4 aliphatic carbocycles. The molecule has 4 saturated carbocycles. The van der Waals surface area contributed by atoms with E-state index in [0.717, 1.165) is 49.9 Å². The second-order valence-corrected chi connectivity index (χ2v) is 13.4. The van der Waals surface area contributed by atoms with E-state index >= 15 is 0 Å². The fraction of sp³-hybridized carbons (Fsp3) is 0.967. The van der Waals surface area contributed by atoms with Gasteiger partial charge >= 0.3 is 5.97 Å². The number of carboxylic acid groups (broad SMARTS) is 1. The molecule has 0 aromatic carbocycles. The Morgan fingerprint density at radius 3 is 2.49 bits per heavy atom. The first-order valence-electron chi connectivity index (χ1n) is 14.6. The zero-order valence-electron chi connectivity index (χ0n) is 22.9. The van der Waals surface area contributed by atoms with Crippen LogP contribution in [0, 0.1) is 46.3 Å². The lowest BCUT2D eigenvalue weighted by Crippen LogP contribution is -2.56. The van der Waals surface area contributed by atoms with Crippen molar-refractivity contribution in [2.24, 2.45) is 46.3 Å². The number of methoxy groups -OCH3 is 1. The van der Waals surface area contributed by atoms with Crippen LogP contribution < -0.4 is 0 Å². The van der Waals surface area contributed by atoms with Gasteiger partial charge in [0.1, 0.15) is 0 Å². The molecular formula is C30H52O5. The molecule has 0 heterocycles. The standard InChI is InChI=1S/C30H52O5/c1-21(6-11-27(31)32)24-9-10-25-23-8-7-22-20-30(33,13-5-17-35-19-18-34-4)16-15-28(22,2)26(23)12-14-29(24,25)3/h21-26,33H,5-20H2,1-4H3,(H,31,32)/t21-,22-,23+,24-,25+,26+,28+,29-,30-/m1/s1. The first kappa shape index (κ1) is 27.4. The predicted octanol–water partition coefficient (Wildman–Crippen LogP) is 6.32. The molecule has 35 heavy (non-hydrogen) atoms. The third-order valence-electron chi connectivity index (χ3n) is 11.8. The van der Waals surface area contributed by atoms with E-state index in [2.05, 4.69) is 20.8 Å². The largest absolute Gasteiger partial charge is 0.481 e. The first-order valence-corrected chi connectivity index (χ1v) is 14.6. The average Bonchev–Trinajstić information content (AvgIpc) is 3.18. The topological polar surface area (TPSA) is 76.0 Å². The molecule has 4 fully saturated rings. The zero-order chi connectivity index (χ0) is 25.3. The minimum atomic E-state index is -0.651. The fourth-order valence-electron chi connectivity index (χ4n) is 9.82. The van der Waals surface area contributed by atoms with Crippen molar-refractivity contribution in [3.05, 3.63) is 0 Å². The van der Waals surface area contributed by atoms with Crippen LogP contribution in [0.4, 0.5) is 0 Å². The maximum absolute atomic E-state index is 11.5. The molecule has 4 rings (SSSR count). The number of hydrogen-bond acceptors (Lipinski definition) is 4. The summed E-state index contributed by atoms with van der Waals surface area (Å²) in [6.07, 6.45) is 13.9. The lowest BCUT2D eigenvalue weighted by atomic mass is 9.43. The summed E-state index contributed by atoms with van der Waals surface area (Å²) in [5.74, 6) is 3.62. The van der Waals surface area contributed by atoms with Crippen LogP contribution in [0.5, 0.6) is 0 Å². The van der Waals surface area contributed by atoms with E-state index in [1.165, 1.54) is 44.9 Å². The van der Waals surface area contributed by atoms with Crippen molar-refractivity contribution in [2.45, 2.75) is 110 Å². The highest BCUT2D eigenvalue weighted by Gasteiger charge is 2.61. The van der Waals surface area contributed by atoms with E-state index < -0.39 is 11.6 Å². The van der Waals surface area contributed by atoms with Gasteiger partial charge in [-0.1, -0.05) is 20.8 Å². The maximum Gasteiger partial charge on any atom is 0.303 e. The maximum atomic E-state index is 11.5. The molecule has 5 heteroatoms. The number of aliphatic hydroxyl groups is 1. The third kappa shape index (κ3) is 5.48. The molecular weight excluding hydrogens is 440 g/mol. The monoisotopic (exact) mass is 492 g/mol. The number of rotatable bonds is 11. The SMILES string of the molecule is COCCOCCC[C@@]1(O)CC[C@@]2(C)[C@H](CC[C@@H]3[C@@H]2CC[C@]2(C)[C@@H]([C@H](C)CCC(=O)O)CC[C@@H]32)C1. The van der Waals surface area contributed by atoms with Crippen molar-refractivity contribution in [1.29, 1.82) is 0 Å². The highest BCUT2D eigenvalue weighted by molar-refractivity contribution is 5.66. The quantitative estimate of drug-likeness (QED) is 0.330. The van der Waals surface area contributed by atoms with Gasteiger partial charge in [-0.05, 0) is 123 Å². The number of carboxylic acids is 1. The molecule has 0 aromatic heterocycles. The first-order chi connectivity index (χ1) is 16.6. The Morgan fingerprint density at radius 1 is 0.971 bits per heavy atom. The molecule has 0 aliphatic heterocycles. The van der Waals surface area contributed by atoms with Gasteiger partial charge in [-0.15, -0.1) is 0 Å². The molecule has 0 radical (unpaired) electrons. The van der Waals surface area contributed by atoms with Crippen molar-refractivity contribution < 1.29 is 24.5 Å². The van der Waals surface area contributed by atoms with E-state index in [9.17, 15) is 15.0 Å². The van der Waals surface area contributed by atoms with Gasteiger partial charge in [0.05, 0.1) is 18.8 Å². The molecule has 202 valence electrons. The molecule has 0 bridgehead atoms. The van der Waals surface area contributed by atoms with Crippen molar-refractivity contribution in [3.8, 4) is 0 Å². The highest BCUT2D eigenvalue weighted by Crippen LogP contribution is 2.69. The van der Waals surface area contributed by atoms with Gasteiger partial charge in [0.2, 0.25) is 0 Å². The minimum Gasteiger partial charge on any atom is -0.481 e. The second kappa shape index (κ2) is 11.0. The van der Waals surface area contributed by atoms with Gasteiger partial charge in [-0.3, -0.25) is 4.79 Å². The molecule has 0 amide bonds. The average molecular weight is 493 g/mol. The Kier molecular flexibility index (Phi) is 8.60. The summed E-state index contributed by atoms with van der Waals surface area (Å²) < 4.78 is 10.7. The van der Waals surface area contributed by atoms with Crippen molar-refractivity contribution in [2.75, 3.05) is 26.9 Å². The van der Waals surface area contributed by atoms with Crippen LogP contribution in [0.15, 0.2) is 0 Å². The summed E-state index contributed by atoms with van der Waals surface area (Å²) in [5, 5.41) is 20.7. The lowest BCUT2D eigenvalue weighted by Gasteiger charge is -2.62. The van der Waals surface area contributed by atoms with E-state index in [4.69, 9.17) is 9.47 Å². The molecule has 0 aromatic rings. The van der Waals surface area contributed by atoms with Crippen LogP contribution in [0.25, 0.3) is 0 Å². The van der Waals surface area contributed by atoms with Crippen molar-refractivity contribution in [1.82, 2.24) is 0 Å². The summed E-state index contributed by atoms with van der Waals surface area (Å²) in [7, 11) is 1.70. The third-order valence-corrected chi connectivity index (χ3v) is 11.8. The van der Waals surface area contributed by atoms with Crippen molar-refractivity contribution in [3.63, 3.8) is 0 Å². The smallest absolute Gasteiger partial charge is 0.303 e. The van der Waals surface area contributed by atoms with Crippen LogP contribution in [0.3, 0.4) is 0 Å². The van der Waals surface area contributed by atoms with Crippen LogP contribution >= 0.6 is 0 Å². The fourth-order valence-corrected chi connectivity index (χ4v) is 9.82. The summed E-state index contributed by atoms with van der Waals surface area (Å²) >= 11 is 0. The number of aliphatic carboxylic acids is 1. The molecule has 9 atom stereocenters. The molecule has 0 saturated heterocycles. The number of hydrogen-bond donors (Lipinski definition) is 2. The van der Waals surface area contributed by atoms with Gasteiger partial charge in [0.15, 0.2) is 0 Å². The Bertz CT molecular complexity index is 726. The predicted molar refractivity (Wildman–Crippen MR) is 138 cm³/mol. The molecule has 5 nitrogen and oxygen atoms in total. The Balaban J connectivity index is 1.36. The van der Waals surface area contributed by atoms with Gasteiger partial charge in [-0.2, -0.15) is 0 Å². The summed E-state index contributed by atoms with van der Waals surface area (Å²) in [6.45, 7) is 9.44. The van der Waals surface area contributed by atoms with E-state index in [1.807, 2.05) is 0 Å². The highest BCUT2D eigenvalue weighted by atomic mass is 16.5. The van der Waals surface area contributed by atoms with Crippen LogP contribution in [-0.4, -0.2) is 48.7 Å². The van der Waals surface area contributed by atoms with Crippen LogP contribution in [0.2, 0.25) is 0 Å². The van der Waals surface area contributed by atoms with E-state index in [1.54, 1.807) is 7.11 Å². The van der Waals surface area contributed by atoms with E-state index in [0.29, 0.717) is 54.8 Å². The zero-order valence-corrected chi connectivity index (χ0v) is 22.9. The Labute approximate surface area is 213 Å².